The van der Waals surface area contributed by atoms with Crippen molar-refractivity contribution in [1.82, 2.24) is 4.98 Å². The molecule has 0 radical (unpaired) electrons. The molecule has 0 unspecified atom stereocenters. The van der Waals surface area contributed by atoms with Gasteiger partial charge in [-0.3, -0.25) is 4.79 Å². The first-order chi connectivity index (χ1) is 13.1. The van der Waals surface area contributed by atoms with E-state index in [0.717, 1.165) is 33.8 Å². The fraction of sp³-hybridized carbons (Fsp3) is 0. The highest BCUT2D eigenvalue weighted by molar-refractivity contribution is 6.34. The zero-order valence-electron chi connectivity index (χ0n) is 14.2. The van der Waals surface area contributed by atoms with E-state index >= 15 is 0 Å². The lowest BCUT2D eigenvalue weighted by molar-refractivity contribution is 0.104. The monoisotopic (exact) mass is 375 g/mol. The number of carbonyl (C=O) groups excluding carboxylic acids is 1. The van der Waals surface area contributed by atoms with E-state index in [2.05, 4.69) is 4.98 Å². The molecular weight excluding hydrogens is 361 g/mol. The van der Waals surface area contributed by atoms with Gasteiger partial charge in [0.25, 0.3) is 0 Å². The molecular formula is C23H15ClFNO. The molecule has 0 aliphatic rings. The van der Waals surface area contributed by atoms with Gasteiger partial charge in [0.05, 0.1) is 10.7 Å². The van der Waals surface area contributed by atoms with E-state index < -0.39 is 5.82 Å². The number of allylic oxidation sites excluding steroid dienone is 1. The van der Waals surface area contributed by atoms with Gasteiger partial charge in [-0.1, -0.05) is 60.1 Å². The Morgan fingerprint density at radius 3 is 2.48 bits per heavy atom. The van der Waals surface area contributed by atoms with Crippen LogP contribution in [0.4, 0.5) is 4.39 Å². The fourth-order valence-corrected chi connectivity index (χ4v) is 3.37. The third-order valence-electron chi connectivity index (χ3n) is 4.41. The van der Waals surface area contributed by atoms with Crippen LogP contribution in [0, 0.1) is 5.82 Å². The Bertz CT molecular complexity index is 1160. The Morgan fingerprint density at radius 2 is 1.70 bits per heavy atom. The van der Waals surface area contributed by atoms with Crippen LogP contribution in [0.1, 0.15) is 15.9 Å². The van der Waals surface area contributed by atoms with Crippen molar-refractivity contribution in [2.45, 2.75) is 0 Å². The Morgan fingerprint density at radius 1 is 0.963 bits per heavy atom. The van der Waals surface area contributed by atoms with Crippen LogP contribution in [0.25, 0.3) is 28.2 Å². The maximum absolute atomic E-state index is 13.2. The first kappa shape index (κ1) is 17.3. The molecule has 0 saturated heterocycles. The SMILES string of the molecule is O=C(/C=C/c1c(-c2ccccc2)[nH]c2ccccc12)c1ccc(F)cc1Cl. The van der Waals surface area contributed by atoms with Gasteiger partial charge in [-0.15, -0.1) is 0 Å². The molecule has 4 aromatic rings. The van der Waals surface area contributed by atoms with Crippen LogP contribution >= 0.6 is 11.6 Å². The molecule has 1 heterocycles. The minimum atomic E-state index is -0.469. The second-order valence-corrected chi connectivity index (χ2v) is 6.55. The largest absolute Gasteiger partial charge is 0.354 e. The van der Waals surface area contributed by atoms with E-state index in [0.29, 0.717) is 0 Å². The number of nitrogens with one attached hydrogen (secondary N) is 1. The van der Waals surface area contributed by atoms with Crippen molar-refractivity contribution in [2.24, 2.45) is 0 Å². The average Bonchev–Trinajstić information content (AvgIpc) is 3.05. The Hall–Kier alpha value is -3.17. The summed E-state index contributed by atoms with van der Waals surface area (Å²) in [6.07, 6.45) is 3.25. The quantitative estimate of drug-likeness (QED) is 0.319. The molecule has 0 fully saturated rings. The van der Waals surface area contributed by atoms with E-state index in [1.807, 2.05) is 54.6 Å². The Balaban J connectivity index is 1.79. The number of ketones is 1. The van der Waals surface area contributed by atoms with Gasteiger partial charge >= 0.3 is 0 Å². The maximum Gasteiger partial charge on any atom is 0.187 e. The molecule has 0 bridgehead atoms. The van der Waals surface area contributed by atoms with Crippen LogP contribution in [-0.4, -0.2) is 10.8 Å². The van der Waals surface area contributed by atoms with E-state index in [1.54, 1.807) is 6.08 Å². The highest BCUT2D eigenvalue weighted by Crippen LogP contribution is 2.31. The normalized spacial score (nSPS) is 11.3. The van der Waals surface area contributed by atoms with Gasteiger partial charge in [-0.05, 0) is 42.0 Å². The molecule has 0 saturated carbocycles. The van der Waals surface area contributed by atoms with Crippen LogP contribution in [0.5, 0.6) is 0 Å². The number of benzene rings is 3. The molecule has 0 amide bonds. The van der Waals surface area contributed by atoms with Crippen LogP contribution in [0.15, 0.2) is 78.9 Å². The van der Waals surface area contributed by atoms with Gasteiger partial charge in [0.1, 0.15) is 5.82 Å². The third kappa shape index (κ3) is 3.42. The first-order valence-corrected chi connectivity index (χ1v) is 8.85. The summed E-state index contributed by atoms with van der Waals surface area (Å²) in [6.45, 7) is 0. The molecule has 27 heavy (non-hydrogen) atoms. The Labute approximate surface area is 160 Å². The van der Waals surface area contributed by atoms with Gasteiger partial charge in [-0.25, -0.2) is 4.39 Å². The van der Waals surface area contributed by atoms with E-state index in [9.17, 15) is 9.18 Å². The molecule has 1 aromatic heterocycles. The summed E-state index contributed by atoms with van der Waals surface area (Å²) < 4.78 is 13.2. The van der Waals surface area contributed by atoms with Crippen LogP contribution < -0.4 is 0 Å². The van der Waals surface area contributed by atoms with Gasteiger partial charge in [0, 0.05) is 22.0 Å². The van der Waals surface area contributed by atoms with Gasteiger partial charge in [0.2, 0.25) is 0 Å². The van der Waals surface area contributed by atoms with Crippen molar-refractivity contribution in [3.63, 3.8) is 0 Å². The first-order valence-electron chi connectivity index (χ1n) is 8.47. The number of para-hydroxylation sites is 1. The summed E-state index contributed by atoms with van der Waals surface area (Å²) in [5.41, 5.74) is 4.15. The summed E-state index contributed by atoms with van der Waals surface area (Å²) in [5.74, 6) is -0.743. The van der Waals surface area contributed by atoms with Crippen LogP contribution in [0.2, 0.25) is 5.02 Å². The molecule has 0 atom stereocenters. The molecule has 0 spiro atoms. The summed E-state index contributed by atoms with van der Waals surface area (Å²) in [6, 6.07) is 21.6. The summed E-state index contributed by atoms with van der Waals surface area (Å²) >= 11 is 6.01. The smallest absolute Gasteiger partial charge is 0.187 e. The Kier molecular flexibility index (Phi) is 4.61. The number of rotatable bonds is 4. The lowest BCUT2D eigenvalue weighted by atomic mass is 10.0. The van der Waals surface area contributed by atoms with E-state index in [1.165, 1.54) is 18.2 Å². The number of halogens is 2. The van der Waals surface area contributed by atoms with Crippen molar-refractivity contribution < 1.29 is 9.18 Å². The molecule has 2 nitrogen and oxygen atoms in total. The van der Waals surface area contributed by atoms with Crippen molar-refractivity contribution >= 4 is 34.4 Å². The van der Waals surface area contributed by atoms with Gasteiger partial charge in [0.15, 0.2) is 5.78 Å². The number of fused-ring (bicyclic) bond motifs is 1. The summed E-state index contributed by atoms with van der Waals surface area (Å²) in [7, 11) is 0. The topological polar surface area (TPSA) is 32.9 Å². The standard InChI is InChI=1S/C23H15ClFNO/c24-20-14-16(25)10-11-19(20)22(27)13-12-18-17-8-4-5-9-21(17)26-23(18)15-6-2-1-3-7-15/h1-14,26H/b13-12+. The summed E-state index contributed by atoms with van der Waals surface area (Å²) in [4.78, 5) is 16.0. The predicted molar refractivity (Wildman–Crippen MR) is 109 cm³/mol. The van der Waals surface area contributed by atoms with Gasteiger partial charge < -0.3 is 4.98 Å². The van der Waals surface area contributed by atoms with Crippen molar-refractivity contribution in [3.05, 3.63) is 101 Å². The van der Waals surface area contributed by atoms with Crippen LogP contribution in [-0.2, 0) is 0 Å². The summed E-state index contributed by atoms with van der Waals surface area (Å²) in [5, 5.41) is 1.12. The average molecular weight is 376 g/mol. The molecule has 0 aliphatic heterocycles. The third-order valence-corrected chi connectivity index (χ3v) is 4.72. The highest BCUT2D eigenvalue weighted by atomic mass is 35.5. The zero-order valence-corrected chi connectivity index (χ0v) is 15.0. The molecule has 4 rings (SSSR count). The van der Waals surface area contributed by atoms with Crippen molar-refractivity contribution in [2.75, 3.05) is 0 Å². The minimum absolute atomic E-state index is 0.104. The lowest BCUT2D eigenvalue weighted by Gasteiger charge is -2.02. The number of hydrogen-bond donors (Lipinski definition) is 1. The van der Waals surface area contributed by atoms with Crippen molar-refractivity contribution in [1.29, 1.82) is 0 Å². The lowest BCUT2D eigenvalue weighted by Crippen LogP contribution is -1.96. The number of carbonyl (C=O) groups is 1. The van der Waals surface area contributed by atoms with E-state index in [4.69, 9.17) is 11.6 Å². The maximum atomic E-state index is 13.2. The van der Waals surface area contributed by atoms with Crippen molar-refractivity contribution in [3.8, 4) is 11.3 Å². The number of aromatic amines is 1. The molecule has 1 N–H and O–H groups in total. The second-order valence-electron chi connectivity index (χ2n) is 6.15. The second kappa shape index (κ2) is 7.22. The van der Waals surface area contributed by atoms with Gasteiger partial charge in [-0.2, -0.15) is 0 Å². The fourth-order valence-electron chi connectivity index (χ4n) is 3.11. The van der Waals surface area contributed by atoms with Crippen LogP contribution in [0.3, 0.4) is 0 Å². The molecule has 0 aliphatic carbocycles. The molecule has 3 aromatic carbocycles. The predicted octanol–water partition coefficient (Wildman–Crippen LogP) is 6.52. The number of H-pyrrole nitrogens is 1. The number of aromatic nitrogens is 1. The van der Waals surface area contributed by atoms with E-state index in [-0.39, 0.29) is 16.4 Å². The molecule has 4 heteroatoms. The molecule has 132 valence electrons. The highest BCUT2D eigenvalue weighted by Gasteiger charge is 2.12. The number of hydrogen-bond acceptors (Lipinski definition) is 1. The zero-order chi connectivity index (χ0) is 18.8. The minimum Gasteiger partial charge on any atom is -0.354 e.